The molecule has 2 heterocycles. The molecule has 2 aromatic rings. The summed E-state index contributed by atoms with van der Waals surface area (Å²) in [5.41, 5.74) is 0.961. The van der Waals surface area contributed by atoms with Gasteiger partial charge in [-0.2, -0.15) is 0 Å². The van der Waals surface area contributed by atoms with Gasteiger partial charge in [-0.1, -0.05) is 0 Å². The number of guanidine groups is 1. The average Bonchev–Trinajstić information content (AvgIpc) is 2.79. The molecule has 1 aromatic carbocycles. The minimum Gasteiger partial charge on any atom is -0.493 e. The molecule has 3 rings (SSSR count). The van der Waals surface area contributed by atoms with Crippen LogP contribution in [0.5, 0.6) is 17.2 Å². The highest BCUT2D eigenvalue weighted by molar-refractivity contribution is 5.80. The number of piperazine rings is 1. The standard InChI is InChI=1S/C20H28N6O3/c1-21-19(25-10-12-26(13-11-25)20-22-8-5-9-23-20)24-14-15-6-7-16(27-2)18(29-4)17(15)28-3/h5-9H,10-14H2,1-4H3,(H,21,24). The summed E-state index contributed by atoms with van der Waals surface area (Å²) < 4.78 is 16.4. The highest BCUT2D eigenvalue weighted by Gasteiger charge is 2.22. The van der Waals surface area contributed by atoms with Gasteiger partial charge in [-0.3, -0.25) is 4.99 Å². The molecule has 1 aliphatic rings. The number of benzene rings is 1. The van der Waals surface area contributed by atoms with Crippen molar-refractivity contribution in [2.24, 2.45) is 4.99 Å². The number of aliphatic imine (C=N–C) groups is 1. The first-order valence-corrected chi connectivity index (χ1v) is 9.47. The molecule has 0 saturated carbocycles. The first kappa shape index (κ1) is 20.5. The topological polar surface area (TPSA) is 84.3 Å². The summed E-state index contributed by atoms with van der Waals surface area (Å²) in [4.78, 5) is 17.5. The summed E-state index contributed by atoms with van der Waals surface area (Å²) >= 11 is 0. The summed E-state index contributed by atoms with van der Waals surface area (Å²) in [6.45, 7) is 3.90. The number of aromatic nitrogens is 2. The first-order chi connectivity index (χ1) is 14.2. The van der Waals surface area contributed by atoms with E-state index in [1.165, 1.54) is 0 Å². The summed E-state index contributed by atoms with van der Waals surface area (Å²) in [5.74, 6) is 3.49. The lowest BCUT2D eigenvalue weighted by atomic mass is 10.1. The number of nitrogens with zero attached hydrogens (tertiary/aromatic N) is 5. The van der Waals surface area contributed by atoms with Gasteiger partial charge in [-0.15, -0.1) is 0 Å². The third-order valence-electron chi connectivity index (χ3n) is 4.85. The van der Waals surface area contributed by atoms with Crippen LogP contribution in [0.15, 0.2) is 35.6 Å². The van der Waals surface area contributed by atoms with Crippen LogP contribution in [-0.2, 0) is 6.54 Å². The van der Waals surface area contributed by atoms with Gasteiger partial charge in [0, 0.05) is 57.7 Å². The van der Waals surface area contributed by atoms with Crippen LogP contribution in [0.1, 0.15) is 5.56 Å². The molecule has 0 atom stereocenters. The van der Waals surface area contributed by atoms with E-state index in [4.69, 9.17) is 14.2 Å². The lowest BCUT2D eigenvalue weighted by Gasteiger charge is -2.36. The number of methoxy groups -OCH3 is 3. The maximum atomic E-state index is 5.57. The summed E-state index contributed by atoms with van der Waals surface area (Å²) in [6.07, 6.45) is 3.54. The zero-order valence-corrected chi connectivity index (χ0v) is 17.4. The molecular weight excluding hydrogens is 372 g/mol. The van der Waals surface area contributed by atoms with Crippen LogP contribution in [0.4, 0.5) is 5.95 Å². The monoisotopic (exact) mass is 400 g/mol. The minimum atomic E-state index is 0.554. The van der Waals surface area contributed by atoms with Gasteiger partial charge in [0.15, 0.2) is 17.5 Å². The molecular formula is C20H28N6O3. The van der Waals surface area contributed by atoms with Crippen LogP contribution in [0.3, 0.4) is 0 Å². The largest absolute Gasteiger partial charge is 0.493 e. The number of nitrogens with one attached hydrogen (secondary N) is 1. The fraction of sp³-hybridized carbons (Fsp3) is 0.450. The van der Waals surface area contributed by atoms with E-state index in [9.17, 15) is 0 Å². The van der Waals surface area contributed by atoms with Gasteiger partial charge in [0.25, 0.3) is 0 Å². The van der Waals surface area contributed by atoms with Crippen molar-refractivity contribution in [1.29, 1.82) is 0 Å². The van der Waals surface area contributed by atoms with Crippen molar-refractivity contribution in [1.82, 2.24) is 20.2 Å². The second-order valence-electron chi connectivity index (χ2n) is 6.42. The fourth-order valence-corrected chi connectivity index (χ4v) is 3.38. The zero-order chi connectivity index (χ0) is 20.6. The number of ether oxygens (including phenoxy) is 3. The van der Waals surface area contributed by atoms with Gasteiger partial charge in [0.05, 0.1) is 21.3 Å². The van der Waals surface area contributed by atoms with Crippen LogP contribution >= 0.6 is 0 Å². The molecule has 9 nitrogen and oxygen atoms in total. The second-order valence-corrected chi connectivity index (χ2v) is 6.42. The van der Waals surface area contributed by atoms with Crippen molar-refractivity contribution >= 4 is 11.9 Å². The Hall–Kier alpha value is -3.23. The Morgan fingerprint density at radius 1 is 1.00 bits per heavy atom. The van der Waals surface area contributed by atoms with Crippen molar-refractivity contribution in [2.75, 3.05) is 59.5 Å². The minimum absolute atomic E-state index is 0.554. The van der Waals surface area contributed by atoms with Gasteiger partial charge in [-0.05, 0) is 18.2 Å². The van der Waals surface area contributed by atoms with Gasteiger partial charge in [-0.25, -0.2) is 9.97 Å². The Morgan fingerprint density at radius 3 is 2.28 bits per heavy atom. The van der Waals surface area contributed by atoms with Gasteiger partial charge in [0.1, 0.15) is 0 Å². The molecule has 1 fully saturated rings. The normalized spacial score (nSPS) is 14.6. The molecule has 0 spiro atoms. The third-order valence-corrected chi connectivity index (χ3v) is 4.85. The number of rotatable bonds is 6. The Balaban J connectivity index is 1.63. The zero-order valence-electron chi connectivity index (χ0n) is 17.4. The molecule has 1 N–H and O–H groups in total. The molecule has 1 aliphatic heterocycles. The van der Waals surface area contributed by atoms with Crippen LogP contribution < -0.4 is 24.4 Å². The first-order valence-electron chi connectivity index (χ1n) is 9.47. The Kier molecular flexibility index (Phi) is 6.94. The molecule has 0 unspecified atom stereocenters. The lowest BCUT2D eigenvalue weighted by Crippen LogP contribution is -2.52. The summed E-state index contributed by atoms with van der Waals surface area (Å²) in [6, 6.07) is 5.67. The second kappa shape index (κ2) is 9.81. The van der Waals surface area contributed by atoms with E-state index >= 15 is 0 Å². The van der Waals surface area contributed by atoms with E-state index in [2.05, 4.69) is 30.1 Å². The van der Waals surface area contributed by atoms with Crippen molar-refractivity contribution in [3.05, 3.63) is 36.2 Å². The predicted molar refractivity (Wildman–Crippen MR) is 112 cm³/mol. The van der Waals surface area contributed by atoms with Crippen molar-refractivity contribution in [3.8, 4) is 17.2 Å². The van der Waals surface area contributed by atoms with Crippen LogP contribution in [-0.4, -0.2) is 75.4 Å². The van der Waals surface area contributed by atoms with Gasteiger partial charge < -0.3 is 29.3 Å². The number of hydrogen-bond donors (Lipinski definition) is 1. The van der Waals surface area contributed by atoms with E-state index in [0.717, 1.165) is 43.7 Å². The molecule has 9 heteroatoms. The maximum absolute atomic E-state index is 5.57. The summed E-state index contributed by atoms with van der Waals surface area (Å²) in [5, 5.41) is 3.42. The average molecular weight is 400 g/mol. The van der Waals surface area contributed by atoms with Crippen LogP contribution in [0.25, 0.3) is 0 Å². The molecule has 1 aromatic heterocycles. The van der Waals surface area contributed by atoms with Crippen LogP contribution in [0, 0.1) is 0 Å². The lowest BCUT2D eigenvalue weighted by molar-refractivity contribution is 0.321. The Bertz CT molecular complexity index is 822. The predicted octanol–water partition coefficient (Wildman–Crippen LogP) is 1.40. The molecule has 29 heavy (non-hydrogen) atoms. The third kappa shape index (κ3) is 4.61. The highest BCUT2D eigenvalue weighted by atomic mass is 16.5. The molecule has 0 bridgehead atoms. The van der Waals surface area contributed by atoms with Crippen molar-refractivity contribution in [3.63, 3.8) is 0 Å². The SMILES string of the molecule is CN=C(NCc1ccc(OC)c(OC)c1OC)N1CCN(c2ncccn2)CC1. The van der Waals surface area contributed by atoms with Gasteiger partial charge >= 0.3 is 0 Å². The number of hydrogen-bond acceptors (Lipinski definition) is 7. The van der Waals surface area contributed by atoms with Crippen LogP contribution in [0.2, 0.25) is 0 Å². The Morgan fingerprint density at radius 2 is 1.69 bits per heavy atom. The molecule has 156 valence electrons. The Labute approximate surface area is 171 Å². The van der Waals surface area contributed by atoms with E-state index in [0.29, 0.717) is 23.8 Å². The molecule has 0 radical (unpaired) electrons. The van der Waals surface area contributed by atoms with Crippen molar-refractivity contribution in [2.45, 2.75) is 6.54 Å². The van der Waals surface area contributed by atoms with Gasteiger partial charge in [0.2, 0.25) is 11.7 Å². The van der Waals surface area contributed by atoms with E-state index in [1.54, 1.807) is 40.8 Å². The molecule has 1 saturated heterocycles. The fourth-order valence-electron chi connectivity index (χ4n) is 3.38. The maximum Gasteiger partial charge on any atom is 0.225 e. The van der Waals surface area contributed by atoms with E-state index in [1.807, 2.05) is 18.2 Å². The molecule has 0 aliphatic carbocycles. The van der Waals surface area contributed by atoms with E-state index in [-0.39, 0.29) is 0 Å². The molecule has 0 amide bonds. The van der Waals surface area contributed by atoms with Crippen molar-refractivity contribution < 1.29 is 14.2 Å². The van der Waals surface area contributed by atoms with E-state index < -0.39 is 0 Å². The number of anilines is 1. The summed E-state index contributed by atoms with van der Waals surface area (Å²) in [7, 11) is 6.63. The highest BCUT2D eigenvalue weighted by Crippen LogP contribution is 2.39. The smallest absolute Gasteiger partial charge is 0.225 e. The quantitative estimate of drug-likeness (QED) is 0.575.